The topological polar surface area (TPSA) is 77.4 Å². The van der Waals surface area contributed by atoms with E-state index in [2.05, 4.69) is 6.58 Å². The molecule has 5 nitrogen and oxygen atoms in total. The van der Waals surface area contributed by atoms with E-state index in [4.69, 9.17) is 0 Å². The second-order valence-corrected chi connectivity index (χ2v) is 5.94. The fourth-order valence-corrected chi connectivity index (χ4v) is 1.88. The predicted molar refractivity (Wildman–Crippen MR) is 64.1 cm³/mol. The SMILES string of the molecule is C=C(C(O)(CC(=O)[O-])C(=O)CC1CC1)[N+](C)(C)C. The first-order valence-corrected chi connectivity index (χ1v) is 6.04. The van der Waals surface area contributed by atoms with Crippen LogP contribution < -0.4 is 5.11 Å². The van der Waals surface area contributed by atoms with E-state index in [9.17, 15) is 19.8 Å². The lowest BCUT2D eigenvalue weighted by molar-refractivity contribution is -0.836. The molecule has 0 amide bonds. The van der Waals surface area contributed by atoms with Crippen molar-refractivity contribution in [3.8, 4) is 0 Å². The summed E-state index contributed by atoms with van der Waals surface area (Å²) in [6.07, 6.45) is 1.41. The molecule has 5 heteroatoms. The number of carboxylic acid groups (broad SMARTS) is 1. The van der Waals surface area contributed by atoms with E-state index in [1.54, 1.807) is 21.1 Å². The minimum atomic E-state index is -2.03. The van der Waals surface area contributed by atoms with Crippen molar-refractivity contribution >= 4 is 11.8 Å². The van der Waals surface area contributed by atoms with Gasteiger partial charge in [-0.25, -0.2) is 0 Å². The normalized spacial score (nSPS) is 19.1. The lowest BCUT2D eigenvalue weighted by atomic mass is 9.87. The number of likely N-dealkylation sites (N-methyl/N-ethyl adjacent to an activating group) is 1. The largest absolute Gasteiger partial charge is 0.550 e. The Hall–Kier alpha value is -1.20. The van der Waals surface area contributed by atoms with Crippen molar-refractivity contribution in [1.29, 1.82) is 0 Å². The number of Topliss-reactive ketones (excluding diaryl/α,β-unsaturated/α-hetero) is 1. The molecule has 1 unspecified atom stereocenters. The van der Waals surface area contributed by atoms with Crippen LogP contribution in [0.3, 0.4) is 0 Å². The van der Waals surface area contributed by atoms with Gasteiger partial charge in [-0.3, -0.25) is 9.28 Å². The third-order valence-corrected chi connectivity index (χ3v) is 3.32. The molecule has 1 N–H and O–H groups in total. The standard InChI is InChI=1S/C13H21NO4/c1-9(14(2,3)4)13(18,8-12(16)17)11(15)7-10-5-6-10/h10,18H,1,5-8H2,2-4H3. The molecule has 0 bridgehead atoms. The monoisotopic (exact) mass is 255 g/mol. The lowest BCUT2D eigenvalue weighted by Gasteiger charge is -2.36. The lowest BCUT2D eigenvalue weighted by Crippen LogP contribution is -2.53. The third-order valence-electron chi connectivity index (χ3n) is 3.32. The third kappa shape index (κ3) is 3.40. The summed E-state index contributed by atoms with van der Waals surface area (Å²) >= 11 is 0. The number of quaternary nitrogens is 1. The van der Waals surface area contributed by atoms with Crippen LogP contribution in [0.25, 0.3) is 0 Å². The van der Waals surface area contributed by atoms with Crippen LogP contribution in [-0.2, 0) is 9.59 Å². The van der Waals surface area contributed by atoms with Gasteiger partial charge >= 0.3 is 0 Å². The van der Waals surface area contributed by atoms with Gasteiger partial charge < -0.3 is 15.0 Å². The molecule has 0 aromatic heterocycles. The van der Waals surface area contributed by atoms with Crippen molar-refractivity contribution in [2.45, 2.75) is 31.3 Å². The summed E-state index contributed by atoms with van der Waals surface area (Å²) in [5, 5.41) is 21.2. The average Bonchev–Trinajstić information content (AvgIpc) is 2.97. The van der Waals surface area contributed by atoms with E-state index in [1.165, 1.54) is 0 Å². The number of nitrogens with zero attached hydrogens (tertiary/aromatic N) is 1. The number of hydrogen-bond acceptors (Lipinski definition) is 4. The Morgan fingerprint density at radius 2 is 1.89 bits per heavy atom. The highest BCUT2D eigenvalue weighted by Gasteiger charge is 2.46. The number of rotatable bonds is 7. The Balaban J connectivity index is 2.96. The maximum atomic E-state index is 12.1. The first kappa shape index (κ1) is 14.9. The number of hydrogen-bond donors (Lipinski definition) is 1. The Bertz CT molecular complexity index is 379. The maximum absolute atomic E-state index is 12.1. The van der Waals surface area contributed by atoms with Gasteiger partial charge in [0.15, 0.2) is 5.78 Å². The molecule has 0 spiro atoms. The Labute approximate surface area is 107 Å². The molecule has 1 saturated carbocycles. The Kier molecular flexibility index (Phi) is 3.98. The minimum absolute atomic E-state index is 0.125. The number of carboxylic acids is 1. The fourth-order valence-electron chi connectivity index (χ4n) is 1.88. The minimum Gasteiger partial charge on any atom is -0.550 e. The number of aliphatic carboxylic acids is 1. The quantitative estimate of drug-likeness (QED) is 0.619. The molecule has 0 radical (unpaired) electrons. The van der Waals surface area contributed by atoms with Gasteiger partial charge in [-0.15, -0.1) is 0 Å². The predicted octanol–water partition coefficient (Wildman–Crippen LogP) is -0.553. The smallest absolute Gasteiger partial charge is 0.201 e. The zero-order valence-electron chi connectivity index (χ0n) is 11.2. The maximum Gasteiger partial charge on any atom is 0.201 e. The van der Waals surface area contributed by atoms with E-state index in [0.717, 1.165) is 12.8 Å². The van der Waals surface area contributed by atoms with E-state index in [-0.39, 0.29) is 22.5 Å². The average molecular weight is 255 g/mol. The molecular formula is C13H21NO4. The van der Waals surface area contributed by atoms with Gasteiger partial charge in [0.05, 0.1) is 21.1 Å². The molecule has 1 atom stereocenters. The van der Waals surface area contributed by atoms with Crippen molar-refractivity contribution in [3.63, 3.8) is 0 Å². The van der Waals surface area contributed by atoms with Gasteiger partial charge in [0.1, 0.15) is 5.70 Å². The van der Waals surface area contributed by atoms with E-state index >= 15 is 0 Å². The highest BCUT2D eigenvalue weighted by molar-refractivity contribution is 5.93. The van der Waals surface area contributed by atoms with Crippen LogP contribution >= 0.6 is 0 Å². The Morgan fingerprint density at radius 3 is 2.22 bits per heavy atom. The summed E-state index contributed by atoms with van der Waals surface area (Å²) in [6, 6.07) is 0. The molecule has 18 heavy (non-hydrogen) atoms. The van der Waals surface area contributed by atoms with E-state index in [1.807, 2.05) is 0 Å². The molecule has 1 fully saturated rings. The molecular weight excluding hydrogens is 234 g/mol. The number of ketones is 1. The molecule has 0 heterocycles. The van der Waals surface area contributed by atoms with Gasteiger partial charge in [0.25, 0.3) is 0 Å². The zero-order chi connectivity index (χ0) is 14.1. The second-order valence-electron chi connectivity index (χ2n) is 5.94. The zero-order valence-corrected chi connectivity index (χ0v) is 11.2. The van der Waals surface area contributed by atoms with Crippen LogP contribution in [0.5, 0.6) is 0 Å². The van der Waals surface area contributed by atoms with Crippen molar-refractivity contribution in [2.75, 3.05) is 21.1 Å². The van der Waals surface area contributed by atoms with Gasteiger partial charge in [-0.1, -0.05) is 0 Å². The van der Waals surface area contributed by atoms with Crippen molar-refractivity contribution in [1.82, 2.24) is 0 Å². The van der Waals surface area contributed by atoms with E-state index < -0.39 is 23.8 Å². The van der Waals surface area contributed by atoms with Crippen LogP contribution in [0.15, 0.2) is 12.3 Å². The van der Waals surface area contributed by atoms with Crippen LogP contribution in [0.2, 0.25) is 0 Å². The van der Waals surface area contributed by atoms with Gasteiger partial charge in [-0.05, 0) is 25.3 Å². The molecule has 0 aromatic carbocycles. The summed E-state index contributed by atoms with van der Waals surface area (Å²) in [5.41, 5.74) is -1.85. The summed E-state index contributed by atoms with van der Waals surface area (Å²) < 4.78 is 0.125. The van der Waals surface area contributed by atoms with Crippen LogP contribution in [-0.4, -0.2) is 48.1 Å². The first-order chi connectivity index (χ1) is 8.07. The second kappa shape index (κ2) is 4.82. The summed E-state index contributed by atoms with van der Waals surface area (Å²) in [7, 11) is 5.19. The van der Waals surface area contributed by atoms with Gasteiger partial charge in [0.2, 0.25) is 5.60 Å². The van der Waals surface area contributed by atoms with Crippen molar-refractivity contribution in [2.24, 2.45) is 5.92 Å². The van der Waals surface area contributed by atoms with Crippen LogP contribution in [0, 0.1) is 5.92 Å². The molecule has 0 aliphatic heterocycles. The summed E-state index contributed by atoms with van der Waals surface area (Å²) in [5.74, 6) is -1.63. The fraction of sp³-hybridized carbons (Fsp3) is 0.692. The van der Waals surface area contributed by atoms with Gasteiger partial charge in [0, 0.05) is 18.8 Å². The van der Waals surface area contributed by atoms with Gasteiger partial charge in [-0.2, -0.15) is 0 Å². The molecule has 0 aromatic rings. The molecule has 1 aliphatic carbocycles. The number of aliphatic hydroxyl groups is 1. The first-order valence-electron chi connectivity index (χ1n) is 6.04. The number of carbonyl (C=O) groups is 2. The van der Waals surface area contributed by atoms with E-state index in [0.29, 0.717) is 0 Å². The molecule has 102 valence electrons. The molecule has 1 aliphatic rings. The van der Waals surface area contributed by atoms with Crippen molar-refractivity contribution in [3.05, 3.63) is 12.3 Å². The van der Waals surface area contributed by atoms with Crippen LogP contribution in [0.1, 0.15) is 25.7 Å². The van der Waals surface area contributed by atoms with Crippen molar-refractivity contribution < 1.29 is 24.3 Å². The number of carbonyl (C=O) groups excluding carboxylic acids is 2. The summed E-state index contributed by atoms with van der Waals surface area (Å²) in [4.78, 5) is 22.9. The molecule has 0 saturated heterocycles. The molecule has 1 rings (SSSR count). The highest BCUT2D eigenvalue weighted by atomic mass is 16.4. The Morgan fingerprint density at radius 1 is 1.39 bits per heavy atom. The van der Waals surface area contributed by atoms with Crippen LogP contribution in [0.4, 0.5) is 0 Å². The summed E-state index contributed by atoms with van der Waals surface area (Å²) in [6.45, 7) is 3.71. The highest BCUT2D eigenvalue weighted by Crippen LogP contribution is 2.36.